The van der Waals surface area contributed by atoms with Crippen molar-refractivity contribution in [2.75, 3.05) is 0 Å². The van der Waals surface area contributed by atoms with E-state index in [1.807, 2.05) is 26.8 Å². The van der Waals surface area contributed by atoms with Gasteiger partial charge in [0.1, 0.15) is 17.7 Å². The molecule has 0 unspecified atom stereocenters. The number of hydrogen-bond donors (Lipinski definition) is 3. The lowest BCUT2D eigenvalue weighted by atomic mass is 9.73. The first-order valence-corrected chi connectivity index (χ1v) is 12.3. The van der Waals surface area contributed by atoms with E-state index in [2.05, 4.69) is 22.5 Å². The number of Topliss-reactive ketones (excluding diaryl/α,β-unsaturated/α-hetero) is 1. The van der Waals surface area contributed by atoms with E-state index in [1.165, 1.54) is 0 Å². The molecule has 6 atom stereocenters. The maximum absolute atomic E-state index is 13.2. The second-order valence-electron chi connectivity index (χ2n) is 10.5. The van der Waals surface area contributed by atoms with E-state index in [-0.39, 0.29) is 36.0 Å². The van der Waals surface area contributed by atoms with Crippen LogP contribution in [0.15, 0.2) is 28.4 Å². The molecule has 0 saturated carbocycles. The van der Waals surface area contributed by atoms with Crippen molar-refractivity contribution < 1.29 is 24.2 Å². The summed E-state index contributed by atoms with van der Waals surface area (Å²) in [6.07, 6.45) is 8.02. The van der Waals surface area contributed by atoms with Crippen molar-refractivity contribution in [3.05, 3.63) is 35.6 Å². The summed E-state index contributed by atoms with van der Waals surface area (Å²) >= 11 is 0. The van der Waals surface area contributed by atoms with Gasteiger partial charge in [-0.1, -0.05) is 46.8 Å². The van der Waals surface area contributed by atoms with Gasteiger partial charge in [-0.2, -0.15) is 0 Å². The number of carbonyl (C=O) groups excluding carboxylic acids is 2. The number of rotatable bonds is 2. The van der Waals surface area contributed by atoms with E-state index in [4.69, 9.17) is 4.42 Å². The van der Waals surface area contributed by atoms with Gasteiger partial charge in [-0.15, -0.1) is 0 Å². The topological polar surface area (TPSA) is 113 Å². The monoisotopic (exact) mass is 474 g/mol. The molecule has 34 heavy (non-hydrogen) atoms. The van der Waals surface area contributed by atoms with Gasteiger partial charge in [-0.3, -0.25) is 9.59 Å². The van der Waals surface area contributed by atoms with Crippen LogP contribution in [0.1, 0.15) is 78.8 Å². The molecule has 3 N–H and O–H groups in total. The second kappa shape index (κ2) is 11.9. The summed E-state index contributed by atoms with van der Waals surface area (Å²) in [5.74, 6) is -0.681. The van der Waals surface area contributed by atoms with Crippen LogP contribution in [0.2, 0.25) is 0 Å². The summed E-state index contributed by atoms with van der Waals surface area (Å²) in [4.78, 5) is 30.5. The van der Waals surface area contributed by atoms with Crippen molar-refractivity contribution in [2.24, 2.45) is 23.2 Å². The number of aromatic nitrogens is 1. The van der Waals surface area contributed by atoms with E-state index in [0.717, 1.165) is 24.8 Å². The first-order valence-electron chi connectivity index (χ1n) is 12.3. The van der Waals surface area contributed by atoms with Crippen molar-refractivity contribution in [3.63, 3.8) is 0 Å². The molecule has 2 rings (SSSR count). The molecule has 1 aliphatic heterocycles. The lowest BCUT2D eigenvalue weighted by molar-refractivity contribution is -0.143. The quantitative estimate of drug-likeness (QED) is 0.553. The van der Waals surface area contributed by atoms with Gasteiger partial charge >= 0.3 is 0 Å². The molecule has 0 saturated heterocycles. The maximum Gasteiger partial charge on any atom is 0.223 e. The molecule has 0 aliphatic carbocycles. The lowest BCUT2D eigenvalue weighted by Gasteiger charge is -2.35. The largest absolute Gasteiger partial charge is 0.449 e. The number of allylic oxidation sites excluding steroid dienone is 1. The third kappa shape index (κ3) is 7.12. The number of nitrogens with one attached hydrogen (secondary N) is 1. The molecular weight excluding hydrogens is 432 g/mol. The van der Waals surface area contributed by atoms with Gasteiger partial charge in [0.25, 0.3) is 0 Å². The molecule has 7 heteroatoms. The number of aliphatic hydroxyl groups is 2. The van der Waals surface area contributed by atoms with Crippen LogP contribution in [-0.2, 0) is 9.59 Å². The molecule has 1 amide bonds. The van der Waals surface area contributed by atoms with Crippen LogP contribution >= 0.6 is 0 Å². The fraction of sp³-hybridized carbons (Fsp3) is 0.667. The summed E-state index contributed by atoms with van der Waals surface area (Å²) in [6.45, 7) is 12.7. The molecule has 2 heterocycles. The van der Waals surface area contributed by atoms with Crippen LogP contribution in [0.5, 0.6) is 0 Å². The van der Waals surface area contributed by atoms with Gasteiger partial charge in [0.15, 0.2) is 5.89 Å². The molecular formula is C27H42N2O5. The predicted molar refractivity (Wildman–Crippen MR) is 133 cm³/mol. The summed E-state index contributed by atoms with van der Waals surface area (Å²) in [7, 11) is 0. The van der Waals surface area contributed by atoms with Crippen molar-refractivity contribution in [1.82, 2.24) is 10.3 Å². The number of nitrogens with zero attached hydrogens (tertiary/aromatic N) is 1. The second-order valence-corrected chi connectivity index (χ2v) is 10.5. The number of hydrogen-bond acceptors (Lipinski definition) is 6. The maximum atomic E-state index is 13.2. The standard InChI is InChI=1S/C27H42N2O5/c1-16-11-9-8-10-12-17(2)25(32)19(4)26(33)27(6,7)22(30)14-23(31)29-24(16)18(3)13-21-15-34-20(5)28-21/h9,11,13,15-17,19,22,24-25,30,32H,8,10,12,14H2,1-7H3,(H,29,31)/b11-9-,18-13+/t16-,17-,19+,22-,24-,25-/m0/s1. The van der Waals surface area contributed by atoms with Gasteiger partial charge in [0.05, 0.1) is 30.1 Å². The highest BCUT2D eigenvalue weighted by Crippen LogP contribution is 2.32. The zero-order chi connectivity index (χ0) is 25.6. The van der Waals surface area contributed by atoms with Crippen LogP contribution in [0.4, 0.5) is 0 Å². The average molecular weight is 475 g/mol. The fourth-order valence-corrected chi connectivity index (χ4v) is 4.64. The molecule has 0 fully saturated rings. The average Bonchev–Trinajstić information content (AvgIpc) is 3.18. The van der Waals surface area contributed by atoms with Crippen LogP contribution in [0.3, 0.4) is 0 Å². The van der Waals surface area contributed by atoms with Gasteiger partial charge in [0, 0.05) is 12.8 Å². The van der Waals surface area contributed by atoms with Crippen molar-refractivity contribution >= 4 is 17.8 Å². The molecule has 0 bridgehead atoms. The molecule has 190 valence electrons. The molecule has 0 aromatic carbocycles. The zero-order valence-corrected chi connectivity index (χ0v) is 21.7. The first-order chi connectivity index (χ1) is 15.8. The number of aryl methyl sites for hydroxylation is 1. The molecule has 0 spiro atoms. The van der Waals surface area contributed by atoms with Crippen LogP contribution in [0, 0.1) is 30.1 Å². The van der Waals surface area contributed by atoms with Crippen LogP contribution < -0.4 is 5.32 Å². The molecule has 1 aromatic heterocycles. The molecule has 7 nitrogen and oxygen atoms in total. The van der Waals surface area contributed by atoms with Crippen molar-refractivity contribution in [3.8, 4) is 0 Å². The smallest absolute Gasteiger partial charge is 0.223 e. The first kappa shape index (κ1) is 28.0. The Bertz CT molecular complexity index is 901. The zero-order valence-electron chi connectivity index (χ0n) is 21.7. The highest BCUT2D eigenvalue weighted by atomic mass is 16.3. The van der Waals surface area contributed by atoms with Crippen LogP contribution in [0.25, 0.3) is 6.08 Å². The van der Waals surface area contributed by atoms with Gasteiger partial charge in [-0.25, -0.2) is 4.98 Å². The Morgan fingerprint density at radius 1 is 1.24 bits per heavy atom. The lowest BCUT2D eigenvalue weighted by Crippen LogP contribution is -2.47. The van der Waals surface area contributed by atoms with E-state index >= 15 is 0 Å². The summed E-state index contributed by atoms with van der Waals surface area (Å²) in [5, 5.41) is 24.7. The third-order valence-electron chi connectivity index (χ3n) is 7.17. The van der Waals surface area contributed by atoms with E-state index in [0.29, 0.717) is 11.6 Å². The minimum Gasteiger partial charge on any atom is -0.449 e. The van der Waals surface area contributed by atoms with E-state index < -0.39 is 23.5 Å². The normalized spacial score (nSPS) is 33.4. The van der Waals surface area contributed by atoms with Gasteiger partial charge in [0.2, 0.25) is 5.91 Å². The highest BCUT2D eigenvalue weighted by molar-refractivity contribution is 5.88. The number of aliphatic hydroxyl groups excluding tert-OH is 2. The molecule has 1 aliphatic rings. The Hall–Kier alpha value is -2.25. The minimum atomic E-state index is -1.17. The van der Waals surface area contributed by atoms with E-state index in [9.17, 15) is 19.8 Å². The van der Waals surface area contributed by atoms with Crippen molar-refractivity contribution in [1.29, 1.82) is 0 Å². The molecule has 1 aromatic rings. The van der Waals surface area contributed by atoms with Crippen molar-refractivity contribution in [2.45, 2.75) is 92.4 Å². The highest BCUT2D eigenvalue weighted by Gasteiger charge is 2.42. The SMILES string of the molecule is C/C(=C\c1coc(C)n1)[C@H]1NC(=O)C[C@H](O)C(C)(C)C(=O)[C@H](C)[C@@H](O)[C@@H](C)CCC/C=C\[C@@H]1C. The number of ketones is 1. The van der Waals surface area contributed by atoms with Gasteiger partial charge < -0.3 is 19.9 Å². The summed E-state index contributed by atoms with van der Waals surface area (Å²) < 4.78 is 5.29. The predicted octanol–water partition coefficient (Wildman–Crippen LogP) is 4.23. The molecule has 0 radical (unpaired) electrons. The minimum absolute atomic E-state index is 0.00377. The van der Waals surface area contributed by atoms with E-state index in [1.54, 1.807) is 34.0 Å². The Morgan fingerprint density at radius 2 is 1.91 bits per heavy atom. The van der Waals surface area contributed by atoms with Crippen LogP contribution in [-0.4, -0.2) is 45.1 Å². The Kier molecular flexibility index (Phi) is 9.83. The third-order valence-corrected chi connectivity index (χ3v) is 7.17. The Labute approximate surface area is 203 Å². The number of oxazole rings is 1. The number of carbonyl (C=O) groups is 2. The Morgan fingerprint density at radius 3 is 2.53 bits per heavy atom. The number of amides is 1. The summed E-state index contributed by atoms with van der Waals surface area (Å²) in [6, 6.07) is -0.306. The van der Waals surface area contributed by atoms with Gasteiger partial charge in [-0.05, 0) is 49.7 Å². The fourth-order valence-electron chi connectivity index (χ4n) is 4.64. The summed E-state index contributed by atoms with van der Waals surface area (Å²) in [5.41, 5.74) is 0.426. The Balaban J connectivity index is 2.34.